The molecule has 2 aromatic carbocycles. The summed E-state index contributed by atoms with van der Waals surface area (Å²) in [5, 5.41) is 10.7. The maximum atomic E-state index is 13.2. The highest BCUT2D eigenvalue weighted by atomic mass is 19.4. The summed E-state index contributed by atoms with van der Waals surface area (Å²) in [6, 6.07) is 16.0. The quantitative estimate of drug-likeness (QED) is 0.573. The van der Waals surface area contributed by atoms with Gasteiger partial charge in [-0.2, -0.15) is 13.2 Å². The second-order valence-electron chi connectivity index (χ2n) is 7.26. The van der Waals surface area contributed by atoms with Crippen molar-refractivity contribution in [1.29, 1.82) is 0 Å². The van der Waals surface area contributed by atoms with E-state index in [0.717, 1.165) is 17.8 Å². The molecule has 0 bridgehead atoms. The maximum absolute atomic E-state index is 13.2. The molecule has 0 radical (unpaired) electrons. The molecule has 8 heteroatoms. The first-order valence-corrected chi connectivity index (χ1v) is 9.92. The van der Waals surface area contributed by atoms with Gasteiger partial charge in [-0.05, 0) is 42.2 Å². The minimum absolute atomic E-state index is 0.127. The van der Waals surface area contributed by atoms with Crippen LogP contribution in [0.3, 0.4) is 0 Å². The molecule has 1 atom stereocenters. The second kappa shape index (κ2) is 9.82. The molecule has 0 saturated heterocycles. The van der Waals surface area contributed by atoms with Crippen LogP contribution in [0, 0.1) is 6.92 Å². The van der Waals surface area contributed by atoms with E-state index in [1.54, 1.807) is 48.5 Å². The summed E-state index contributed by atoms with van der Waals surface area (Å²) < 4.78 is 43.6. The Kier molecular flexibility index (Phi) is 7.15. The van der Waals surface area contributed by atoms with E-state index in [2.05, 4.69) is 4.98 Å². The predicted octanol–water partition coefficient (Wildman–Crippen LogP) is 4.73. The van der Waals surface area contributed by atoms with Gasteiger partial charge in [-0.15, -0.1) is 0 Å². The van der Waals surface area contributed by atoms with Crippen LogP contribution in [-0.4, -0.2) is 29.7 Å². The van der Waals surface area contributed by atoms with E-state index in [4.69, 9.17) is 4.74 Å². The van der Waals surface area contributed by atoms with Crippen LogP contribution >= 0.6 is 0 Å². The summed E-state index contributed by atoms with van der Waals surface area (Å²) in [7, 11) is 1.52. The SMILES string of the molecule is COc1cc(N(CCc2ccc(C(F)(F)F)nc2)C(=O)C(O)c2ccccc2)ccc1C. The van der Waals surface area contributed by atoms with Crippen molar-refractivity contribution in [3.63, 3.8) is 0 Å². The molecule has 3 aromatic rings. The van der Waals surface area contributed by atoms with Gasteiger partial charge in [0.15, 0.2) is 6.10 Å². The number of halogens is 3. The molecule has 1 N–H and O–H groups in total. The van der Waals surface area contributed by atoms with Gasteiger partial charge in [-0.1, -0.05) is 42.5 Å². The zero-order valence-electron chi connectivity index (χ0n) is 17.6. The lowest BCUT2D eigenvalue weighted by Crippen LogP contribution is -2.37. The minimum atomic E-state index is -4.52. The zero-order valence-corrected chi connectivity index (χ0v) is 17.6. The van der Waals surface area contributed by atoms with Crippen molar-refractivity contribution in [3.8, 4) is 5.75 Å². The molecular formula is C24H23F3N2O3. The summed E-state index contributed by atoms with van der Waals surface area (Å²) >= 11 is 0. The van der Waals surface area contributed by atoms with Crippen LogP contribution in [0.25, 0.3) is 0 Å². The van der Waals surface area contributed by atoms with E-state index in [-0.39, 0.29) is 13.0 Å². The van der Waals surface area contributed by atoms with E-state index in [1.165, 1.54) is 18.1 Å². The molecule has 0 aliphatic heterocycles. The van der Waals surface area contributed by atoms with Crippen molar-refractivity contribution < 1.29 is 27.8 Å². The van der Waals surface area contributed by atoms with Crippen LogP contribution in [0.2, 0.25) is 0 Å². The third kappa shape index (κ3) is 5.45. The first kappa shape index (κ1) is 23.3. The number of nitrogens with zero attached hydrogens (tertiary/aromatic N) is 2. The lowest BCUT2D eigenvalue weighted by atomic mass is 10.1. The third-order valence-electron chi connectivity index (χ3n) is 5.06. The van der Waals surface area contributed by atoms with Crippen LogP contribution in [0.1, 0.15) is 28.5 Å². The Bertz CT molecular complexity index is 1050. The maximum Gasteiger partial charge on any atom is 0.433 e. The van der Waals surface area contributed by atoms with E-state index < -0.39 is 23.9 Å². The van der Waals surface area contributed by atoms with Crippen molar-refractivity contribution in [3.05, 3.63) is 89.2 Å². The number of hydrogen-bond acceptors (Lipinski definition) is 4. The summed E-state index contributed by atoms with van der Waals surface area (Å²) in [6.45, 7) is 1.99. The standard InChI is InChI=1S/C24H23F3N2O3/c1-16-8-10-19(14-20(16)32-2)29(23(31)22(30)18-6-4-3-5-7-18)13-12-17-9-11-21(28-15-17)24(25,26)27/h3-11,14-15,22,30H,12-13H2,1-2H3. The highest BCUT2D eigenvalue weighted by Crippen LogP contribution is 2.29. The number of benzene rings is 2. The highest BCUT2D eigenvalue weighted by Gasteiger charge is 2.32. The topological polar surface area (TPSA) is 62.7 Å². The molecule has 1 aromatic heterocycles. The number of amides is 1. The van der Waals surface area contributed by atoms with E-state index in [1.807, 2.05) is 6.92 Å². The molecule has 1 amide bonds. The number of aliphatic hydroxyl groups excluding tert-OH is 1. The van der Waals surface area contributed by atoms with E-state index >= 15 is 0 Å². The molecular weight excluding hydrogens is 421 g/mol. The van der Waals surface area contributed by atoms with Crippen molar-refractivity contribution >= 4 is 11.6 Å². The average molecular weight is 444 g/mol. The number of rotatable bonds is 7. The van der Waals surface area contributed by atoms with Gasteiger partial charge in [0.1, 0.15) is 11.4 Å². The predicted molar refractivity (Wildman–Crippen MR) is 114 cm³/mol. The molecule has 0 fully saturated rings. The molecule has 3 rings (SSSR count). The molecule has 0 spiro atoms. The number of aliphatic hydroxyl groups is 1. The van der Waals surface area contributed by atoms with Gasteiger partial charge < -0.3 is 14.7 Å². The Hall–Kier alpha value is -3.39. The average Bonchev–Trinajstić information content (AvgIpc) is 2.79. The lowest BCUT2D eigenvalue weighted by molar-refractivity contribution is -0.141. The number of pyridine rings is 1. The Labute approximate surface area is 184 Å². The van der Waals surface area contributed by atoms with Crippen molar-refractivity contribution in [2.75, 3.05) is 18.6 Å². The summed E-state index contributed by atoms with van der Waals surface area (Å²) in [5.74, 6) is 0.0210. The number of aromatic nitrogens is 1. The number of carbonyl (C=O) groups is 1. The van der Waals surface area contributed by atoms with Crippen molar-refractivity contribution in [1.82, 2.24) is 4.98 Å². The number of anilines is 1. The van der Waals surface area contributed by atoms with E-state index in [0.29, 0.717) is 22.6 Å². The fraction of sp³-hybridized carbons (Fsp3) is 0.250. The Morgan fingerprint density at radius 2 is 1.84 bits per heavy atom. The monoisotopic (exact) mass is 444 g/mol. The molecule has 1 unspecified atom stereocenters. The van der Waals surface area contributed by atoms with Crippen LogP contribution in [0.5, 0.6) is 5.75 Å². The number of methoxy groups -OCH3 is 1. The van der Waals surface area contributed by atoms with Gasteiger partial charge in [0.05, 0.1) is 7.11 Å². The summed E-state index contributed by atoms with van der Waals surface area (Å²) in [6.07, 6.45) is -4.52. The van der Waals surface area contributed by atoms with Crippen LogP contribution in [-0.2, 0) is 17.4 Å². The fourth-order valence-corrected chi connectivity index (χ4v) is 3.25. The van der Waals surface area contributed by atoms with Gasteiger partial charge in [0.25, 0.3) is 5.91 Å². The number of aryl methyl sites for hydroxylation is 1. The smallest absolute Gasteiger partial charge is 0.433 e. The van der Waals surface area contributed by atoms with Crippen LogP contribution in [0.15, 0.2) is 66.9 Å². The Morgan fingerprint density at radius 3 is 2.44 bits per heavy atom. The molecule has 0 aliphatic rings. The first-order valence-electron chi connectivity index (χ1n) is 9.92. The largest absolute Gasteiger partial charge is 0.496 e. The van der Waals surface area contributed by atoms with Crippen LogP contribution < -0.4 is 9.64 Å². The van der Waals surface area contributed by atoms with Crippen LogP contribution in [0.4, 0.5) is 18.9 Å². The molecule has 5 nitrogen and oxygen atoms in total. The highest BCUT2D eigenvalue weighted by molar-refractivity contribution is 5.97. The van der Waals surface area contributed by atoms with E-state index in [9.17, 15) is 23.1 Å². The number of ether oxygens (including phenoxy) is 1. The third-order valence-corrected chi connectivity index (χ3v) is 5.06. The minimum Gasteiger partial charge on any atom is -0.496 e. The first-order chi connectivity index (χ1) is 15.2. The number of carbonyl (C=O) groups excluding carboxylic acids is 1. The van der Waals surface area contributed by atoms with Gasteiger partial charge >= 0.3 is 6.18 Å². The Morgan fingerprint density at radius 1 is 1.12 bits per heavy atom. The molecule has 32 heavy (non-hydrogen) atoms. The zero-order chi connectivity index (χ0) is 23.3. The lowest BCUT2D eigenvalue weighted by Gasteiger charge is -2.26. The molecule has 0 saturated carbocycles. The number of alkyl halides is 3. The van der Waals surface area contributed by atoms with Gasteiger partial charge in [0, 0.05) is 24.5 Å². The Balaban J connectivity index is 1.87. The molecule has 0 aliphatic carbocycles. The van der Waals surface area contributed by atoms with Gasteiger partial charge in [-0.25, -0.2) is 0 Å². The summed E-state index contributed by atoms with van der Waals surface area (Å²) in [4.78, 5) is 18.1. The van der Waals surface area contributed by atoms with Crippen molar-refractivity contribution in [2.45, 2.75) is 25.6 Å². The fourth-order valence-electron chi connectivity index (χ4n) is 3.25. The summed E-state index contributed by atoms with van der Waals surface area (Å²) in [5.41, 5.74) is 1.38. The van der Waals surface area contributed by atoms with Gasteiger partial charge in [-0.3, -0.25) is 9.78 Å². The second-order valence-corrected chi connectivity index (χ2v) is 7.26. The molecule has 1 heterocycles. The normalized spacial score (nSPS) is 12.3. The molecule has 168 valence electrons. The van der Waals surface area contributed by atoms with Crippen molar-refractivity contribution in [2.24, 2.45) is 0 Å². The number of hydrogen-bond donors (Lipinski definition) is 1. The van der Waals surface area contributed by atoms with Gasteiger partial charge in [0.2, 0.25) is 0 Å².